The van der Waals surface area contributed by atoms with E-state index in [0.717, 1.165) is 0 Å². The number of nitrogens with one attached hydrogen (secondary N) is 2. The van der Waals surface area contributed by atoms with Gasteiger partial charge in [-0.15, -0.1) is 0 Å². The van der Waals surface area contributed by atoms with Gasteiger partial charge in [0.05, 0.1) is 16.9 Å². The standard InChI is InChI=1S/C19H19Cl2N5O3/c1-10(2)8-22-19(28)17-15(9-23-26(17)3)24-18(27)14-7-16(29-25-14)12-5-4-11(20)6-13(12)21/h4-7,9-10H,8H2,1-3H3,(H,22,28)(H,24,27). The highest BCUT2D eigenvalue weighted by molar-refractivity contribution is 6.36. The topological polar surface area (TPSA) is 102 Å². The van der Waals surface area contributed by atoms with E-state index in [1.807, 2.05) is 13.8 Å². The van der Waals surface area contributed by atoms with Gasteiger partial charge in [-0.05, 0) is 24.1 Å². The summed E-state index contributed by atoms with van der Waals surface area (Å²) in [5.41, 5.74) is 1.09. The van der Waals surface area contributed by atoms with E-state index in [1.165, 1.54) is 16.9 Å². The number of carbonyl (C=O) groups excluding carboxylic acids is 2. The van der Waals surface area contributed by atoms with Crippen LogP contribution in [-0.4, -0.2) is 33.3 Å². The number of benzene rings is 1. The zero-order valence-electron chi connectivity index (χ0n) is 16.0. The number of anilines is 1. The van der Waals surface area contributed by atoms with E-state index in [4.69, 9.17) is 27.7 Å². The average molecular weight is 436 g/mol. The lowest BCUT2D eigenvalue weighted by Crippen LogP contribution is -2.30. The van der Waals surface area contributed by atoms with Crippen LogP contribution in [0.15, 0.2) is 35.0 Å². The molecule has 2 heterocycles. The van der Waals surface area contributed by atoms with Crippen molar-refractivity contribution >= 4 is 40.7 Å². The van der Waals surface area contributed by atoms with Gasteiger partial charge in [-0.25, -0.2) is 0 Å². The van der Waals surface area contributed by atoms with Crippen LogP contribution in [0.1, 0.15) is 34.8 Å². The Morgan fingerprint density at radius 3 is 2.66 bits per heavy atom. The van der Waals surface area contributed by atoms with Crippen molar-refractivity contribution in [2.24, 2.45) is 13.0 Å². The molecule has 2 amide bonds. The minimum absolute atomic E-state index is 0.0309. The van der Waals surface area contributed by atoms with Crippen LogP contribution in [0.25, 0.3) is 11.3 Å². The Morgan fingerprint density at radius 2 is 1.97 bits per heavy atom. The lowest BCUT2D eigenvalue weighted by molar-refractivity contribution is 0.0940. The zero-order chi connectivity index (χ0) is 21.1. The summed E-state index contributed by atoms with van der Waals surface area (Å²) in [4.78, 5) is 25.0. The van der Waals surface area contributed by atoms with Crippen molar-refractivity contribution in [2.45, 2.75) is 13.8 Å². The molecule has 3 aromatic rings. The first kappa shape index (κ1) is 20.9. The maximum Gasteiger partial charge on any atom is 0.277 e. The number of aromatic nitrogens is 3. The molecule has 0 fully saturated rings. The first-order valence-electron chi connectivity index (χ1n) is 8.80. The summed E-state index contributed by atoms with van der Waals surface area (Å²) in [6.07, 6.45) is 1.40. The number of nitrogens with zero attached hydrogens (tertiary/aromatic N) is 3. The van der Waals surface area contributed by atoms with Crippen LogP contribution in [0.2, 0.25) is 10.0 Å². The fraction of sp³-hybridized carbons (Fsp3) is 0.263. The summed E-state index contributed by atoms with van der Waals surface area (Å²) < 4.78 is 6.64. The number of hydrogen-bond acceptors (Lipinski definition) is 5. The lowest BCUT2D eigenvalue weighted by atomic mass is 10.1. The minimum atomic E-state index is -0.545. The molecular weight excluding hydrogens is 417 g/mol. The molecule has 3 rings (SSSR count). The van der Waals surface area contributed by atoms with Crippen LogP contribution in [0, 0.1) is 5.92 Å². The molecule has 29 heavy (non-hydrogen) atoms. The van der Waals surface area contributed by atoms with Crippen molar-refractivity contribution in [2.75, 3.05) is 11.9 Å². The molecule has 10 heteroatoms. The molecule has 2 aromatic heterocycles. The molecule has 0 atom stereocenters. The highest BCUT2D eigenvalue weighted by Crippen LogP contribution is 2.30. The van der Waals surface area contributed by atoms with Crippen LogP contribution >= 0.6 is 23.2 Å². The molecule has 0 aliphatic rings. The molecule has 0 bridgehead atoms. The van der Waals surface area contributed by atoms with Gasteiger partial charge in [-0.2, -0.15) is 5.10 Å². The SMILES string of the molecule is CC(C)CNC(=O)c1c(NC(=O)c2cc(-c3ccc(Cl)cc3Cl)on2)cnn1C. The maximum absolute atomic E-state index is 12.6. The van der Waals surface area contributed by atoms with Crippen LogP contribution in [0.4, 0.5) is 5.69 Å². The average Bonchev–Trinajstić information content (AvgIpc) is 3.27. The molecule has 0 aliphatic carbocycles. The zero-order valence-corrected chi connectivity index (χ0v) is 17.5. The van der Waals surface area contributed by atoms with E-state index in [1.54, 1.807) is 25.2 Å². The maximum atomic E-state index is 12.6. The first-order chi connectivity index (χ1) is 13.8. The second kappa shape index (κ2) is 8.67. The molecule has 0 unspecified atom stereocenters. The van der Waals surface area contributed by atoms with Gasteiger partial charge in [0.25, 0.3) is 11.8 Å². The summed E-state index contributed by atoms with van der Waals surface area (Å²) in [6, 6.07) is 6.35. The predicted octanol–water partition coefficient (Wildman–Crippen LogP) is 4.02. The molecular formula is C19H19Cl2N5O3. The molecule has 0 saturated carbocycles. The number of amides is 2. The van der Waals surface area contributed by atoms with Crippen molar-refractivity contribution in [1.29, 1.82) is 0 Å². The van der Waals surface area contributed by atoms with Crippen molar-refractivity contribution < 1.29 is 14.1 Å². The molecule has 2 N–H and O–H groups in total. The third kappa shape index (κ3) is 4.78. The third-order valence-corrected chi connectivity index (χ3v) is 4.56. The van der Waals surface area contributed by atoms with Crippen LogP contribution in [0.3, 0.4) is 0 Å². The fourth-order valence-electron chi connectivity index (χ4n) is 2.56. The Hall–Kier alpha value is -2.84. The van der Waals surface area contributed by atoms with Gasteiger partial charge < -0.3 is 15.2 Å². The van der Waals surface area contributed by atoms with Gasteiger partial charge in [-0.1, -0.05) is 42.2 Å². The second-order valence-corrected chi connectivity index (χ2v) is 7.63. The van der Waals surface area contributed by atoms with Crippen molar-refractivity contribution in [3.8, 4) is 11.3 Å². The summed E-state index contributed by atoms with van der Waals surface area (Å²) in [5.74, 6) is -0.268. The molecule has 0 aliphatic heterocycles. The monoisotopic (exact) mass is 435 g/mol. The van der Waals surface area contributed by atoms with E-state index >= 15 is 0 Å². The van der Waals surface area contributed by atoms with Crippen molar-refractivity contribution in [3.63, 3.8) is 0 Å². The van der Waals surface area contributed by atoms with Crippen molar-refractivity contribution in [1.82, 2.24) is 20.3 Å². The van der Waals surface area contributed by atoms with Crippen LogP contribution < -0.4 is 10.6 Å². The summed E-state index contributed by atoms with van der Waals surface area (Å²) >= 11 is 12.1. The Balaban J connectivity index is 1.78. The predicted molar refractivity (Wildman–Crippen MR) is 110 cm³/mol. The fourth-order valence-corrected chi connectivity index (χ4v) is 3.07. The summed E-state index contributed by atoms with van der Waals surface area (Å²) in [7, 11) is 1.62. The number of aryl methyl sites for hydroxylation is 1. The van der Waals surface area contributed by atoms with Gasteiger partial charge in [-0.3, -0.25) is 14.3 Å². The van der Waals surface area contributed by atoms with Gasteiger partial charge in [0.2, 0.25) is 0 Å². The van der Waals surface area contributed by atoms with Gasteiger partial charge >= 0.3 is 0 Å². The van der Waals surface area contributed by atoms with E-state index in [0.29, 0.717) is 33.8 Å². The normalized spacial score (nSPS) is 11.0. The quantitative estimate of drug-likeness (QED) is 0.608. The van der Waals surface area contributed by atoms with Gasteiger partial charge in [0, 0.05) is 30.2 Å². The number of hydrogen-bond donors (Lipinski definition) is 2. The Kier molecular flexibility index (Phi) is 6.24. The smallest absolute Gasteiger partial charge is 0.277 e. The Labute approximate surface area is 177 Å². The lowest BCUT2D eigenvalue weighted by Gasteiger charge is -2.09. The van der Waals surface area contributed by atoms with E-state index in [2.05, 4.69) is 20.9 Å². The van der Waals surface area contributed by atoms with E-state index in [-0.39, 0.29) is 23.0 Å². The molecule has 8 nitrogen and oxygen atoms in total. The number of halogens is 2. The van der Waals surface area contributed by atoms with Crippen LogP contribution in [0.5, 0.6) is 0 Å². The van der Waals surface area contributed by atoms with Gasteiger partial charge in [0.15, 0.2) is 11.5 Å². The first-order valence-corrected chi connectivity index (χ1v) is 9.55. The summed E-state index contributed by atoms with van der Waals surface area (Å²) in [6.45, 7) is 4.48. The van der Waals surface area contributed by atoms with E-state index < -0.39 is 5.91 Å². The molecule has 0 saturated heterocycles. The largest absolute Gasteiger partial charge is 0.355 e. The second-order valence-electron chi connectivity index (χ2n) is 6.79. The highest BCUT2D eigenvalue weighted by atomic mass is 35.5. The molecule has 0 radical (unpaired) electrons. The number of carbonyl (C=O) groups is 2. The third-order valence-electron chi connectivity index (χ3n) is 4.01. The highest BCUT2D eigenvalue weighted by Gasteiger charge is 2.21. The molecule has 1 aromatic carbocycles. The van der Waals surface area contributed by atoms with Crippen LogP contribution in [-0.2, 0) is 7.05 Å². The van der Waals surface area contributed by atoms with Crippen molar-refractivity contribution in [3.05, 3.63) is 51.9 Å². The minimum Gasteiger partial charge on any atom is -0.355 e. The van der Waals surface area contributed by atoms with Gasteiger partial charge in [0.1, 0.15) is 5.69 Å². The number of rotatable bonds is 6. The van der Waals surface area contributed by atoms with E-state index in [9.17, 15) is 9.59 Å². The Bertz CT molecular complexity index is 1060. The molecule has 0 spiro atoms. The summed E-state index contributed by atoms with van der Waals surface area (Å²) in [5, 5.41) is 14.1. The Morgan fingerprint density at radius 1 is 1.21 bits per heavy atom. The molecule has 152 valence electrons.